The van der Waals surface area contributed by atoms with Crippen molar-refractivity contribution in [3.05, 3.63) is 22.9 Å². The molecule has 1 saturated carbocycles. The van der Waals surface area contributed by atoms with Crippen LogP contribution in [0.4, 0.5) is 0 Å². The Balaban J connectivity index is 2.00. The molecule has 1 aliphatic heterocycles. The second-order valence-electron chi connectivity index (χ2n) is 7.23. The maximum Gasteiger partial charge on any atom is 0.0411 e. The van der Waals surface area contributed by atoms with Crippen molar-refractivity contribution in [3.63, 3.8) is 0 Å². The molecule has 1 heteroatoms. The Bertz CT molecular complexity index is 413. The highest BCUT2D eigenvalue weighted by Crippen LogP contribution is 2.51. The van der Waals surface area contributed by atoms with Gasteiger partial charge in [0, 0.05) is 17.2 Å². The van der Waals surface area contributed by atoms with Crippen molar-refractivity contribution in [2.24, 2.45) is 11.3 Å². The molecule has 0 aromatic heterocycles. The lowest BCUT2D eigenvalue weighted by molar-refractivity contribution is 0.221. The quantitative estimate of drug-likeness (QED) is 0.660. The van der Waals surface area contributed by atoms with E-state index in [4.69, 9.17) is 0 Å². The fraction of sp³-hybridized carbons (Fsp3) is 0.750. The highest BCUT2D eigenvalue weighted by Gasteiger charge is 2.47. The third kappa shape index (κ3) is 1.66. The van der Waals surface area contributed by atoms with E-state index in [1.54, 1.807) is 5.57 Å². The van der Waals surface area contributed by atoms with Gasteiger partial charge in [-0.3, -0.25) is 0 Å². The Morgan fingerprint density at radius 2 is 2.00 bits per heavy atom. The van der Waals surface area contributed by atoms with Crippen LogP contribution < -0.4 is 5.32 Å². The molecule has 3 aliphatic rings. The fourth-order valence-corrected chi connectivity index (χ4v) is 4.35. The molecule has 0 aromatic rings. The monoisotopic (exact) mass is 231 g/mol. The van der Waals surface area contributed by atoms with Gasteiger partial charge in [0.1, 0.15) is 0 Å². The molecule has 3 rings (SSSR count). The van der Waals surface area contributed by atoms with Gasteiger partial charge >= 0.3 is 0 Å². The van der Waals surface area contributed by atoms with Crippen molar-refractivity contribution in [1.29, 1.82) is 0 Å². The lowest BCUT2D eigenvalue weighted by Gasteiger charge is -2.38. The zero-order valence-electron chi connectivity index (χ0n) is 11.7. The van der Waals surface area contributed by atoms with Crippen LogP contribution >= 0.6 is 0 Å². The fourth-order valence-electron chi connectivity index (χ4n) is 4.35. The summed E-state index contributed by atoms with van der Waals surface area (Å²) in [6.45, 7) is 9.47. The SMILES string of the molecule is CC1=CC(C)(C)CC2=C1NC1(C)CCCCC21. The van der Waals surface area contributed by atoms with Crippen LogP contribution in [0.3, 0.4) is 0 Å². The molecule has 94 valence electrons. The van der Waals surface area contributed by atoms with Crippen molar-refractivity contribution in [3.8, 4) is 0 Å². The number of fused-ring (bicyclic) bond motifs is 2. The van der Waals surface area contributed by atoms with Crippen molar-refractivity contribution in [2.45, 2.75) is 65.3 Å². The standard InChI is InChI=1S/C16H25N/c1-11-9-15(2,3)10-12-13-7-5-6-8-16(13,4)17-14(11)12/h9,13,17H,5-8,10H2,1-4H3. The number of nitrogens with one attached hydrogen (secondary N) is 1. The third-order valence-corrected chi connectivity index (χ3v) is 5.01. The Hall–Kier alpha value is -0.720. The minimum atomic E-state index is 0.354. The highest BCUT2D eigenvalue weighted by molar-refractivity contribution is 5.45. The maximum absolute atomic E-state index is 3.87. The number of allylic oxidation sites excluding steroid dienone is 2. The van der Waals surface area contributed by atoms with Gasteiger partial charge in [-0.05, 0) is 49.7 Å². The van der Waals surface area contributed by atoms with E-state index in [1.165, 1.54) is 43.4 Å². The van der Waals surface area contributed by atoms with Gasteiger partial charge in [-0.2, -0.15) is 0 Å². The van der Waals surface area contributed by atoms with Crippen molar-refractivity contribution < 1.29 is 0 Å². The van der Waals surface area contributed by atoms with E-state index in [-0.39, 0.29) is 0 Å². The average Bonchev–Trinajstić information content (AvgIpc) is 2.50. The second kappa shape index (κ2) is 3.40. The lowest BCUT2D eigenvalue weighted by atomic mass is 9.68. The van der Waals surface area contributed by atoms with Crippen molar-refractivity contribution in [1.82, 2.24) is 5.32 Å². The lowest BCUT2D eigenvalue weighted by Crippen LogP contribution is -2.45. The molecule has 1 fully saturated rings. The van der Waals surface area contributed by atoms with Crippen LogP contribution in [0, 0.1) is 11.3 Å². The molecule has 2 unspecified atom stereocenters. The van der Waals surface area contributed by atoms with Crippen LogP contribution in [0.5, 0.6) is 0 Å². The van der Waals surface area contributed by atoms with Crippen LogP contribution in [0.1, 0.15) is 59.8 Å². The van der Waals surface area contributed by atoms with Gasteiger partial charge in [0.15, 0.2) is 0 Å². The minimum Gasteiger partial charge on any atom is -0.379 e. The summed E-state index contributed by atoms with van der Waals surface area (Å²) >= 11 is 0. The molecule has 17 heavy (non-hydrogen) atoms. The van der Waals surface area contributed by atoms with E-state index >= 15 is 0 Å². The third-order valence-electron chi connectivity index (χ3n) is 5.01. The average molecular weight is 231 g/mol. The molecule has 0 aromatic carbocycles. The van der Waals surface area contributed by atoms with Gasteiger partial charge in [0.05, 0.1) is 0 Å². The number of hydrogen-bond acceptors (Lipinski definition) is 1. The second-order valence-corrected chi connectivity index (χ2v) is 7.23. The van der Waals surface area contributed by atoms with E-state index in [1.807, 2.05) is 0 Å². The van der Waals surface area contributed by atoms with E-state index < -0.39 is 0 Å². The molecule has 1 heterocycles. The number of hydrogen-bond donors (Lipinski definition) is 1. The highest BCUT2D eigenvalue weighted by atomic mass is 15.0. The van der Waals surface area contributed by atoms with Crippen LogP contribution in [-0.2, 0) is 0 Å². The summed E-state index contributed by atoms with van der Waals surface area (Å²) in [5.74, 6) is 0.800. The van der Waals surface area contributed by atoms with E-state index in [2.05, 4.69) is 39.1 Å². The molecule has 0 radical (unpaired) electrons. The Kier molecular flexibility index (Phi) is 2.27. The van der Waals surface area contributed by atoms with Gasteiger partial charge in [-0.25, -0.2) is 0 Å². The summed E-state index contributed by atoms with van der Waals surface area (Å²) in [5, 5.41) is 3.87. The number of rotatable bonds is 0. The van der Waals surface area contributed by atoms with Gasteiger partial charge in [-0.15, -0.1) is 0 Å². The van der Waals surface area contributed by atoms with Gasteiger partial charge in [0.25, 0.3) is 0 Å². The first-order valence-electron chi connectivity index (χ1n) is 7.12. The molecule has 0 bridgehead atoms. The first-order valence-corrected chi connectivity index (χ1v) is 7.12. The topological polar surface area (TPSA) is 12.0 Å². The summed E-state index contributed by atoms with van der Waals surface area (Å²) in [6.07, 6.45) is 9.27. The molecule has 2 atom stereocenters. The normalized spacial score (nSPS) is 39.3. The van der Waals surface area contributed by atoms with Gasteiger partial charge < -0.3 is 5.32 Å². The predicted molar refractivity (Wildman–Crippen MR) is 72.7 cm³/mol. The molecule has 1 nitrogen and oxygen atoms in total. The summed E-state index contributed by atoms with van der Waals surface area (Å²) < 4.78 is 0. The van der Waals surface area contributed by atoms with Gasteiger partial charge in [-0.1, -0.05) is 32.8 Å². The first kappa shape index (κ1) is 11.4. The van der Waals surface area contributed by atoms with Crippen molar-refractivity contribution >= 4 is 0 Å². The molecule has 1 N–H and O–H groups in total. The molecule has 0 spiro atoms. The van der Waals surface area contributed by atoms with Crippen molar-refractivity contribution in [2.75, 3.05) is 0 Å². The van der Waals surface area contributed by atoms with Crippen LogP contribution in [0.15, 0.2) is 22.9 Å². The Morgan fingerprint density at radius 1 is 1.24 bits per heavy atom. The van der Waals surface area contributed by atoms with Crippen LogP contribution in [0.25, 0.3) is 0 Å². The summed E-state index contributed by atoms with van der Waals surface area (Å²) in [5.41, 5.74) is 5.42. The maximum atomic E-state index is 3.87. The Morgan fingerprint density at radius 3 is 2.76 bits per heavy atom. The summed E-state index contributed by atoms with van der Waals surface area (Å²) in [4.78, 5) is 0. The minimum absolute atomic E-state index is 0.354. The zero-order valence-corrected chi connectivity index (χ0v) is 11.7. The van der Waals surface area contributed by atoms with E-state index in [0.717, 1.165) is 5.92 Å². The van der Waals surface area contributed by atoms with Crippen LogP contribution in [0.2, 0.25) is 0 Å². The Labute approximate surface area is 105 Å². The zero-order chi connectivity index (χ0) is 12.3. The van der Waals surface area contributed by atoms with E-state index in [9.17, 15) is 0 Å². The largest absolute Gasteiger partial charge is 0.379 e. The summed E-state index contributed by atoms with van der Waals surface area (Å²) in [7, 11) is 0. The molecule has 0 amide bonds. The molecule has 0 saturated heterocycles. The summed E-state index contributed by atoms with van der Waals surface area (Å²) in [6, 6.07) is 0. The molecular formula is C16H25N. The molecular weight excluding hydrogens is 206 g/mol. The molecule has 2 aliphatic carbocycles. The smallest absolute Gasteiger partial charge is 0.0411 e. The van der Waals surface area contributed by atoms with Crippen LogP contribution in [-0.4, -0.2) is 5.54 Å². The van der Waals surface area contributed by atoms with E-state index in [0.29, 0.717) is 11.0 Å². The van der Waals surface area contributed by atoms with Gasteiger partial charge in [0.2, 0.25) is 0 Å². The first-order chi connectivity index (χ1) is 7.91. The predicted octanol–water partition coefficient (Wildman–Crippen LogP) is 4.17.